The fourth-order valence-corrected chi connectivity index (χ4v) is 0.431. The minimum atomic E-state index is -5.13. The van der Waals surface area contributed by atoms with E-state index >= 15 is 0 Å². The monoisotopic (exact) mass is 296 g/mol. The molecule has 0 spiro atoms. The molecule has 0 saturated carbocycles. The fraction of sp³-hybridized carbons (Fsp3) is 1.00. The van der Waals surface area contributed by atoms with Crippen molar-refractivity contribution in [2.75, 3.05) is 0 Å². The van der Waals surface area contributed by atoms with Gasteiger partial charge in [-0.25, -0.2) is 0 Å². The third-order valence-electron chi connectivity index (χ3n) is 0.445. The highest BCUT2D eigenvalue weighted by atomic mass is 127. The van der Waals surface area contributed by atoms with Gasteiger partial charge in [-0.2, -0.15) is 26.3 Å². The van der Waals surface area contributed by atoms with Crippen molar-refractivity contribution in [3.8, 4) is 0 Å². The van der Waals surface area contributed by atoms with Crippen molar-refractivity contribution in [2.24, 2.45) is 0 Å². The van der Waals surface area contributed by atoms with E-state index in [0.29, 0.717) is 22.0 Å². The Morgan fingerprint density at radius 1 is 0.800 bits per heavy atom. The number of hydrogen-bond donors (Lipinski definition) is 0. The normalized spacial score (nSPS) is 14.4. The van der Waals surface area contributed by atoms with Gasteiger partial charge in [-0.15, -0.1) is 0 Å². The summed E-state index contributed by atoms with van der Waals surface area (Å²) >= 11 is 0.370. The molecule has 0 amide bonds. The first-order valence-corrected chi connectivity index (χ1v) is 5.88. The van der Waals surface area contributed by atoms with Gasteiger partial charge in [0.1, 0.15) is 0 Å². The molecule has 0 aromatic heterocycles. The van der Waals surface area contributed by atoms with Crippen LogP contribution in [-0.2, 0) is 0 Å². The smallest absolute Gasteiger partial charge is 0.166 e. The summed E-state index contributed by atoms with van der Waals surface area (Å²) in [5, 5.41) is 0. The predicted molar refractivity (Wildman–Crippen MR) is 33.0 cm³/mol. The maximum atomic E-state index is 11.2. The lowest BCUT2D eigenvalue weighted by atomic mass is 11.5. The molecule has 0 bridgehead atoms. The van der Waals surface area contributed by atoms with E-state index in [2.05, 4.69) is 0 Å². The topological polar surface area (TPSA) is 0 Å². The van der Waals surface area contributed by atoms with Gasteiger partial charge in [0, 0.05) is 0 Å². The van der Waals surface area contributed by atoms with Gasteiger partial charge in [-0.3, -0.25) is 0 Å². The van der Waals surface area contributed by atoms with E-state index in [4.69, 9.17) is 0 Å². The Labute approximate surface area is 66.2 Å². The second-order valence-corrected chi connectivity index (χ2v) is 5.69. The third kappa shape index (κ3) is 3.23. The molecule has 10 heavy (non-hydrogen) atoms. The van der Waals surface area contributed by atoms with Crippen LogP contribution in [0.2, 0.25) is 0 Å². The molecule has 0 heterocycles. The van der Waals surface area contributed by atoms with E-state index in [9.17, 15) is 26.3 Å². The Kier molecular flexibility index (Phi) is 3.23. The van der Waals surface area contributed by atoms with Gasteiger partial charge < -0.3 is 0 Å². The van der Waals surface area contributed by atoms with E-state index in [1.54, 1.807) is 0 Å². The zero-order valence-electron chi connectivity index (χ0n) is 4.09. The van der Waals surface area contributed by atoms with Crippen LogP contribution in [0.4, 0.5) is 26.3 Å². The molecule has 0 radical (unpaired) electrons. The highest BCUT2D eigenvalue weighted by Gasteiger charge is 2.55. The summed E-state index contributed by atoms with van der Waals surface area (Å²) in [6, 6.07) is 0. The van der Waals surface area contributed by atoms with Gasteiger partial charge in [0.25, 0.3) is 0 Å². The van der Waals surface area contributed by atoms with E-state index in [-0.39, 0.29) is 0 Å². The lowest BCUT2D eigenvalue weighted by Gasteiger charge is -2.15. The minimum absolute atomic E-state index is 0.370. The van der Waals surface area contributed by atoms with Crippen molar-refractivity contribution < 1.29 is 26.3 Å². The molecule has 0 aromatic rings. The summed E-state index contributed by atoms with van der Waals surface area (Å²) in [7, 11) is 0. The van der Waals surface area contributed by atoms with E-state index in [1.165, 1.54) is 0 Å². The maximum absolute atomic E-state index is 11.2. The van der Waals surface area contributed by atoms with Crippen LogP contribution in [0.1, 0.15) is 0 Å². The van der Waals surface area contributed by atoms with Crippen LogP contribution in [0.3, 0.4) is 0 Å². The molecule has 0 N–H and O–H groups in total. The molecule has 0 unspecified atom stereocenters. The number of alkyl halides is 6. The molecule has 0 aliphatic heterocycles. The van der Waals surface area contributed by atoms with Gasteiger partial charge in [0.05, 0.1) is 0 Å². The highest BCUT2D eigenvalue weighted by molar-refractivity contribution is 14.2. The molecule has 0 fully saturated rings. The van der Waals surface area contributed by atoms with Gasteiger partial charge in [-0.1, -0.05) is 0 Å². The lowest BCUT2D eigenvalue weighted by molar-refractivity contribution is -0.0784. The summed E-state index contributed by atoms with van der Waals surface area (Å²) in [5.74, 6) is -10.3. The van der Waals surface area contributed by atoms with Crippen molar-refractivity contribution in [1.29, 1.82) is 0 Å². The Morgan fingerprint density at radius 2 is 1.00 bits per heavy atom. The lowest BCUT2D eigenvalue weighted by Crippen LogP contribution is -2.13. The van der Waals surface area contributed by atoms with Crippen LogP contribution in [0.15, 0.2) is 0 Å². The maximum Gasteiger partial charge on any atom is 0.423 e. The number of rotatable bonds is 0. The fourth-order valence-electron chi connectivity index (χ4n) is 0.144. The van der Waals surface area contributed by atoms with Crippen molar-refractivity contribution in [2.45, 2.75) is 11.8 Å². The first-order valence-electron chi connectivity index (χ1n) is 1.75. The van der Waals surface area contributed by atoms with Gasteiger partial charge in [0.2, 0.25) is 0 Å². The molecule has 0 atom stereocenters. The third-order valence-corrected chi connectivity index (χ3v) is 4.62. The first-order chi connectivity index (χ1) is 4.15. The molecular weight excluding hydrogens is 296 g/mol. The number of hydrogen-bond acceptors (Lipinski definition) is 0. The molecule has 62 valence electrons. The molecule has 0 aliphatic rings. The Balaban J connectivity index is 4.23. The average molecular weight is 296 g/mol. The zero-order chi connectivity index (χ0) is 8.58. The van der Waals surface area contributed by atoms with E-state index in [1.807, 2.05) is 0 Å². The molecule has 8 heteroatoms. The van der Waals surface area contributed by atoms with Crippen LogP contribution in [0, 0.1) is 0 Å². The van der Waals surface area contributed by atoms with Crippen LogP contribution in [0.5, 0.6) is 0 Å². The van der Waals surface area contributed by atoms with Crippen molar-refractivity contribution >= 4 is 27.6 Å². The Morgan fingerprint density at radius 3 is 1.00 bits per heavy atom. The first kappa shape index (κ1) is 10.7. The Hall–Kier alpha value is 0.740. The second-order valence-electron chi connectivity index (χ2n) is 1.22. The Bertz CT molecular complexity index is 99.9. The molecule has 0 rings (SSSR count). The highest BCUT2D eigenvalue weighted by Crippen LogP contribution is 2.69. The van der Waals surface area contributed by atoms with Crippen LogP contribution in [-0.4, -0.2) is 11.8 Å². The van der Waals surface area contributed by atoms with Crippen LogP contribution >= 0.6 is 27.6 Å². The van der Waals surface area contributed by atoms with Crippen molar-refractivity contribution in [1.82, 2.24) is 0 Å². The molecule has 0 aromatic carbocycles. The standard InChI is InChI=1S/C2F6IP/c3-1(4,5)10(9)2(6,7)8. The summed E-state index contributed by atoms with van der Waals surface area (Å²) in [6.07, 6.45) is 0. The van der Waals surface area contributed by atoms with E-state index in [0.717, 1.165) is 0 Å². The minimum Gasteiger partial charge on any atom is -0.166 e. The predicted octanol–water partition coefficient (Wildman–Crippen LogP) is 3.86. The van der Waals surface area contributed by atoms with Gasteiger partial charge >= 0.3 is 11.8 Å². The largest absolute Gasteiger partial charge is 0.423 e. The number of halogens is 7. The van der Waals surface area contributed by atoms with Gasteiger partial charge in [0.15, 0.2) is 5.56 Å². The molecule has 0 saturated heterocycles. The van der Waals surface area contributed by atoms with Crippen molar-refractivity contribution in [3.63, 3.8) is 0 Å². The zero-order valence-corrected chi connectivity index (χ0v) is 7.14. The van der Waals surface area contributed by atoms with Gasteiger partial charge in [-0.05, 0) is 22.0 Å². The summed E-state index contributed by atoms with van der Waals surface area (Å²) in [5.41, 5.74) is -3.89. The van der Waals surface area contributed by atoms with Crippen molar-refractivity contribution in [3.05, 3.63) is 0 Å². The van der Waals surface area contributed by atoms with Crippen LogP contribution < -0.4 is 0 Å². The summed E-state index contributed by atoms with van der Waals surface area (Å²) in [4.78, 5) is 0. The SMILES string of the molecule is FC(F)(F)P(I)C(F)(F)F. The summed E-state index contributed by atoms with van der Waals surface area (Å²) < 4.78 is 67.5. The quantitative estimate of drug-likeness (QED) is 0.362. The molecule has 0 nitrogen and oxygen atoms in total. The average Bonchev–Trinajstić information content (AvgIpc) is 1.59. The second kappa shape index (κ2) is 3.00. The summed E-state index contributed by atoms with van der Waals surface area (Å²) in [6.45, 7) is 0. The molecular formula is C2F6IP. The molecule has 0 aliphatic carbocycles. The van der Waals surface area contributed by atoms with Crippen LogP contribution in [0.25, 0.3) is 0 Å². The van der Waals surface area contributed by atoms with E-state index < -0.39 is 17.4 Å².